The Morgan fingerprint density at radius 3 is 2.53 bits per heavy atom. The lowest BCUT2D eigenvalue weighted by Gasteiger charge is -2.24. The molecule has 0 saturated carbocycles. The van der Waals surface area contributed by atoms with Crippen LogP contribution in [0.3, 0.4) is 0 Å². The average molecular weight is 457 g/mol. The number of anilines is 2. The highest BCUT2D eigenvalue weighted by Gasteiger charge is 2.42. The number of halogens is 3. The first-order valence-corrected chi connectivity index (χ1v) is 11.2. The molecule has 0 bridgehead atoms. The summed E-state index contributed by atoms with van der Waals surface area (Å²) in [6.07, 6.45) is -3.79. The molecule has 0 radical (unpaired) electrons. The lowest BCUT2D eigenvalue weighted by atomic mass is 10.1. The number of hydrogen-bond acceptors (Lipinski definition) is 7. The summed E-state index contributed by atoms with van der Waals surface area (Å²) in [5, 5.41) is 6.86. The molecule has 3 aromatic rings. The highest BCUT2D eigenvalue weighted by atomic mass is 32.1. The molecule has 1 N–H and O–H groups in total. The average Bonchev–Trinajstić information content (AvgIpc) is 3.28. The second kappa shape index (κ2) is 9.40. The van der Waals surface area contributed by atoms with Crippen molar-refractivity contribution in [2.24, 2.45) is 5.92 Å². The molecule has 0 aromatic carbocycles. The quantitative estimate of drug-likeness (QED) is 0.426. The Morgan fingerprint density at radius 1 is 1.20 bits per heavy atom. The number of rotatable bonds is 8. The van der Waals surface area contributed by atoms with Crippen LogP contribution in [0.2, 0.25) is 0 Å². The second-order valence-electron chi connectivity index (χ2n) is 7.11. The van der Waals surface area contributed by atoms with Crippen LogP contribution in [0.4, 0.5) is 24.1 Å². The van der Waals surface area contributed by atoms with Crippen LogP contribution < -0.4 is 5.32 Å². The van der Waals surface area contributed by atoms with E-state index in [9.17, 15) is 13.2 Å². The van der Waals surface area contributed by atoms with Crippen molar-refractivity contribution in [1.82, 2.24) is 15.0 Å². The maximum Gasteiger partial charge on any atom is 0.414 e. The molecule has 0 saturated heterocycles. The lowest BCUT2D eigenvalue weighted by molar-refractivity contribution is -0.236. The summed E-state index contributed by atoms with van der Waals surface area (Å²) < 4.78 is 44.1. The van der Waals surface area contributed by atoms with E-state index in [0.717, 1.165) is 27.7 Å². The van der Waals surface area contributed by atoms with E-state index >= 15 is 0 Å². The molecule has 1 atom stereocenters. The Morgan fingerprint density at radius 2 is 1.97 bits per heavy atom. The molecular formula is C20H23F3N4OS2. The predicted octanol–water partition coefficient (Wildman–Crippen LogP) is 6.38. The standard InChI is InChI=1S/C20H23F3N4OS2/c1-5-16-25-12(4)17(30-16)14-10-29-19(26-14)27-15-7-6-13(8-24-15)9-28-18(11(2)3)20(21,22)23/h6-8,10-11,18H,5,9H2,1-4H3,(H,24,26,27). The van der Waals surface area contributed by atoms with E-state index < -0.39 is 18.2 Å². The van der Waals surface area contributed by atoms with Gasteiger partial charge in [-0.3, -0.25) is 0 Å². The van der Waals surface area contributed by atoms with Gasteiger partial charge in [-0.05, 0) is 30.9 Å². The van der Waals surface area contributed by atoms with Crippen LogP contribution in [0.1, 0.15) is 37.0 Å². The van der Waals surface area contributed by atoms with Crippen molar-refractivity contribution in [3.05, 3.63) is 40.0 Å². The molecular weight excluding hydrogens is 433 g/mol. The third-order valence-electron chi connectivity index (χ3n) is 4.30. The van der Waals surface area contributed by atoms with Gasteiger partial charge in [-0.25, -0.2) is 15.0 Å². The number of ether oxygens (including phenoxy) is 1. The van der Waals surface area contributed by atoms with E-state index in [2.05, 4.69) is 27.2 Å². The minimum atomic E-state index is -4.39. The van der Waals surface area contributed by atoms with Crippen LogP contribution >= 0.6 is 22.7 Å². The zero-order valence-corrected chi connectivity index (χ0v) is 18.7. The second-order valence-corrected chi connectivity index (χ2v) is 9.05. The zero-order chi connectivity index (χ0) is 21.9. The topological polar surface area (TPSA) is 59.9 Å². The van der Waals surface area contributed by atoms with Crippen molar-refractivity contribution in [2.75, 3.05) is 5.32 Å². The maximum atomic E-state index is 13.0. The monoisotopic (exact) mass is 456 g/mol. The van der Waals surface area contributed by atoms with Crippen molar-refractivity contribution in [3.63, 3.8) is 0 Å². The largest absolute Gasteiger partial charge is 0.414 e. The number of aromatic nitrogens is 3. The fourth-order valence-electron chi connectivity index (χ4n) is 2.82. The third kappa shape index (κ3) is 5.55. The molecule has 0 spiro atoms. The highest BCUT2D eigenvalue weighted by Crippen LogP contribution is 2.33. The number of alkyl halides is 3. The number of pyridine rings is 1. The summed E-state index contributed by atoms with van der Waals surface area (Å²) in [5.41, 5.74) is 2.41. The SMILES string of the molecule is CCc1nc(C)c(-c2csc(Nc3ccc(COC(C(C)C)C(F)(F)F)cn3)n2)s1. The van der Waals surface area contributed by atoms with Gasteiger partial charge in [0.2, 0.25) is 0 Å². The van der Waals surface area contributed by atoms with E-state index in [4.69, 9.17) is 4.74 Å². The van der Waals surface area contributed by atoms with Crippen molar-refractivity contribution in [2.45, 2.75) is 53.0 Å². The van der Waals surface area contributed by atoms with Crippen molar-refractivity contribution in [1.29, 1.82) is 0 Å². The predicted molar refractivity (Wildman–Crippen MR) is 114 cm³/mol. The molecule has 1 unspecified atom stereocenters. The van der Waals surface area contributed by atoms with Crippen LogP contribution in [0.5, 0.6) is 0 Å². The van der Waals surface area contributed by atoms with Crippen molar-refractivity contribution in [3.8, 4) is 10.6 Å². The molecule has 0 aliphatic heterocycles. The molecule has 3 aromatic heterocycles. The fraction of sp³-hybridized carbons (Fsp3) is 0.450. The first-order chi connectivity index (χ1) is 14.2. The Hall–Kier alpha value is -2.04. The van der Waals surface area contributed by atoms with Crippen molar-refractivity contribution < 1.29 is 17.9 Å². The Bertz CT molecular complexity index is 967. The summed E-state index contributed by atoms with van der Waals surface area (Å²) in [6, 6.07) is 3.39. The van der Waals surface area contributed by atoms with Gasteiger partial charge in [0.1, 0.15) is 5.82 Å². The van der Waals surface area contributed by atoms with Gasteiger partial charge in [0.05, 0.1) is 27.9 Å². The number of aryl methyl sites for hydroxylation is 2. The van der Waals surface area contributed by atoms with Crippen LogP contribution in [-0.4, -0.2) is 27.2 Å². The first-order valence-electron chi connectivity index (χ1n) is 9.49. The first kappa shape index (κ1) is 22.6. The van der Waals surface area contributed by atoms with Gasteiger partial charge < -0.3 is 10.1 Å². The van der Waals surface area contributed by atoms with Crippen LogP contribution in [0.25, 0.3) is 10.6 Å². The van der Waals surface area contributed by atoms with Gasteiger partial charge in [0.15, 0.2) is 11.2 Å². The molecule has 3 heterocycles. The summed E-state index contributed by atoms with van der Waals surface area (Å²) in [6.45, 7) is 6.87. The van der Waals surface area contributed by atoms with Gasteiger partial charge in [-0.2, -0.15) is 13.2 Å². The molecule has 0 aliphatic rings. The number of nitrogens with zero attached hydrogens (tertiary/aromatic N) is 3. The third-order valence-corrected chi connectivity index (χ3v) is 6.38. The molecule has 162 valence electrons. The molecule has 5 nitrogen and oxygen atoms in total. The van der Waals surface area contributed by atoms with E-state index in [-0.39, 0.29) is 6.61 Å². The Labute approximate surface area is 181 Å². The smallest absolute Gasteiger partial charge is 0.364 e. The molecule has 0 aliphatic carbocycles. The van der Waals surface area contributed by atoms with Gasteiger partial charge >= 0.3 is 6.18 Å². The highest BCUT2D eigenvalue weighted by molar-refractivity contribution is 7.16. The normalized spacial score (nSPS) is 13.1. The molecule has 3 rings (SSSR count). The molecule has 0 amide bonds. The summed E-state index contributed by atoms with van der Waals surface area (Å²) in [4.78, 5) is 14.4. The van der Waals surface area contributed by atoms with Gasteiger partial charge in [0.25, 0.3) is 0 Å². The molecule has 10 heteroatoms. The van der Waals surface area contributed by atoms with Gasteiger partial charge in [0, 0.05) is 11.6 Å². The fourth-order valence-corrected chi connectivity index (χ4v) is 4.57. The summed E-state index contributed by atoms with van der Waals surface area (Å²) >= 11 is 3.10. The van der Waals surface area contributed by atoms with Crippen molar-refractivity contribution >= 4 is 33.6 Å². The zero-order valence-electron chi connectivity index (χ0n) is 17.1. The van der Waals surface area contributed by atoms with Gasteiger partial charge in [-0.15, -0.1) is 22.7 Å². The molecule has 0 fully saturated rings. The van der Waals surface area contributed by atoms with E-state index in [0.29, 0.717) is 16.5 Å². The van der Waals surface area contributed by atoms with Gasteiger partial charge in [-0.1, -0.05) is 26.8 Å². The number of thiazole rings is 2. The Balaban J connectivity index is 1.62. The lowest BCUT2D eigenvalue weighted by Crippen LogP contribution is -2.36. The van der Waals surface area contributed by atoms with Crippen LogP contribution in [-0.2, 0) is 17.8 Å². The van der Waals surface area contributed by atoms with E-state index in [1.54, 1.807) is 23.5 Å². The van der Waals surface area contributed by atoms with Crippen LogP contribution in [0.15, 0.2) is 23.7 Å². The number of nitrogens with one attached hydrogen (secondary N) is 1. The van der Waals surface area contributed by atoms with E-state index in [1.165, 1.54) is 31.4 Å². The van der Waals surface area contributed by atoms with Crippen LogP contribution in [0, 0.1) is 12.8 Å². The van der Waals surface area contributed by atoms with E-state index in [1.807, 2.05) is 12.3 Å². The Kier molecular flexibility index (Phi) is 7.10. The molecule has 30 heavy (non-hydrogen) atoms. The number of hydrogen-bond donors (Lipinski definition) is 1. The minimum absolute atomic E-state index is 0.151. The minimum Gasteiger partial charge on any atom is -0.364 e. The summed E-state index contributed by atoms with van der Waals surface area (Å²) in [5.74, 6) is -0.0975. The maximum absolute atomic E-state index is 13.0. The summed E-state index contributed by atoms with van der Waals surface area (Å²) in [7, 11) is 0.